The number of hydrogen-bond donors (Lipinski definition) is 1. The summed E-state index contributed by atoms with van der Waals surface area (Å²) in [6, 6.07) is 11.6. The minimum Gasteiger partial charge on any atom is -0.370 e. The zero-order valence-electron chi connectivity index (χ0n) is 18.2. The Morgan fingerprint density at radius 1 is 1.19 bits per heavy atom. The van der Waals surface area contributed by atoms with Crippen LogP contribution in [0.15, 0.2) is 42.6 Å². The molecule has 0 spiro atoms. The molecule has 2 fully saturated rings. The van der Waals surface area contributed by atoms with Gasteiger partial charge in [-0.15, -0.1) is 0 Å². The fourth-order valence-electron chi connectivity index (χ4n) is 4.53. The van der Waals surface area contributed by atoms with Gasteiger partial charge in [-0.25, -0.2) is 4.68 Å². The Morgan fingerprint density at radius 2 is 1.97 bits per heavy atom. The Labute approximate surface area is 183 Å². The first-order valence-corrected chi connectivity index (χ1v) is 11.2. The van der Waals surface area contributed by atoms with Crippen LogP contribution in [0.1, 0.15) is 25.5 Å². The number of quaternary nitrogens is 1. The molecule has 1 aromatic heterocycles. The normalized spacial score (nSPS) is 19.5. The number of ether oxygens (including phenoxy) is 1. The van der Waals surface area contributed by atoms with Crippen LogP contribution in [0, 0.1) is 0 Å². The second kappa shape index (κ2) is 10.1. The fraction of sp³-hybridized carbons (Fsp3) is 0.522. The van der Waals surface area contributed by atoms with Crippen molar-refractivity contribution in [3.05, 3.63) is 48.3 Å². The van der Waals surface area contributed by atoms with Gasteiger partial charge in [0.25, 0.3) is 0 Å². The number of rotatable bonds is 7. The van der Waals surface area contributed by atoms with Crippen molar-refractivity contribution in [2.24, 2.45) is 0 Å². The number of carbonyl (C=O) groups excluding carboxylic acids is 2. The van der Waals surface area contributed by atoms with Crippen molar-refractivity contribution in [2.45, 2.75) is 32.4 Å². The van der Waals surface area contributed by atoms with Gasteiger partial charge >= 0.3 is 0 Å². The molecule has 2 aliphatic heterocycles. The lowest BCUT2D eigenvalue weighted by molar-refractivity contribution is -0.907. The van der Waals surface area contributed by atoms with E-state index in [9.17, 15) is 9.59 Å². The van der Waals surface area contributed by atoms with E-state index < -0.39 is 0 Å². The predicted octanol–water partition coefficient (Wildman–Crippen LogP) is 0.127. The standard InChI is InChI=1S/C23H31N5O3/c1-19(29)27-11-5-8-22(27)23(30)26(13-12-25-14-16-31-17-15-25)18-21-9-10-24-28(21)20-6-3-2-4-7-20/h2-4,6-7,9-10,22H,5,8,11-18H2,1H3/p+1/t22-/m0/s1. The Bertz CT molecular complexity index is 878. The summed E-state index contributed by atoms with van der Waals surface area (Å²) >= 11 is 0. The largest absolute Gasteiger partial charge is 0.370 e. The molecule has 31 heavy (non-hydrogen) atoms. The number of amides is 2. The zero-order valence-corrected chi connectivity index (χ0v) is 18.2. The van der Waals surface area contributed by atoms with Crippen LogP contribution in [-0.4, -0.2) is 83.4 Å². The van der Waals surface area contributed by atoms with Crippen molar-refractivity contribution in [3.8, 4) is 5.69 Å². The maximum Gasteiger partial charge on any atom is 0.245 e. The summed E-state index contributed by atoms with van der Waals surface area (Å²) < 4.78 is 7.36. The number of morpholine rings is 1. The highest BCUT2D eigenvalue weighted by Gasteiger charge is 2.35. The molecule has 2 aliphatic rings. The summed E-state index contributed by atoms with van der Waals surface area (Å²) in [6.45, 7) is 7.68. The fourth-order valence-corrected chi connectivity index (χ4v) is 4.53. The third-order valence-corrected chi connectivity index (χ3v) is 6.26. The average molecular weight is 427 g/mol. The molecule has 3 heterocycles. The number of hydrogen-bond acceptors (Lipinski definition) is 4. The van der Waals surface area contributed by atoms with Crippen LogP contribution in [-0.2, 0) is 20.9 Å². The molecule has 0 aliphatic carbocycles. The molecule has 1 atom stereocenters. The van der Waals surface area contributed by atoms with Gasteiger partial charge in [0.2, 0.25) is 11.8 Å². The average Bonchev–Trinajstić information content (AvgIpc) is 3.47. The van der Waals surface area contributed by atoms with Gasteiger partial charge in [0.15, 0.2) is 0 Å². The van der Waals surface area contributed by atoms with E-state index in [-0.39, 0.29) is 17.9 Å². The Kier molecular flexibility index (Phi) is 6.99. The van der Waals surface area contributed by atoms with Gasteiger partial charge in [0.05, 0.1) is 44.2 Å². The van der Waals surface area contributed by atoms with Crippen molar-refractivity contribution >= 4 is 11.8 Å². The third-order valence-electron chi connectivity index (χ3n) is 6.26. The van der Waals surface area contributed by atoms with E-state index in [1.165, 1.54) is 4.90 Å². The minimum atomic E-state index is -0.356. The lowest BCUT2D eigenvalue weighted by atomic mass is 10.1. The Hall–Kier alpha value is -2.71. The molecule has 4 rings (SSSR count). The van der Waals surface area contributed by atoms with Crippen molar-refractivity contribution in [1.82, 2.24) is 19.6 Å². The van der Waals surface area contributed by atoms with Crippen molar-refractivity contribution in [2.75, 3.05) is 45.9 Å². The molecule has 1 N–H and O–H groups in total. The number of benzene rings is 1. The van der Waals surface area contributed by atoms with E-state index in [0.717, 1.165) is 57.1 Å². The summed E-state index contributed by atoms with van der Waals surface area (Å²) in [5, 5.41) is 4.48. The topological polar surface area (TPSA) is 72.1 Å². The summed E-state index contributed by atoms with van der Waals surface area (Å²) in [4.78, 5) is 30.7. The number of carbonyl (C=O) groups is 2. The molecule has 8 nitrogen and oxygen atoms in total. The molecule has 2 aromatic rings. The monoisotopic (exact) mass is 426 g/mol. The lowest BCUT2D eigenvalue weighted by Crippen LogP contribution is -3.14. The van der Waals surface area contributed by atoms with Crippen LogP contribution in [0.25, 0.3) is 5.69 Å². The molecule has 1 aromatic carbocycles. The molecule has 8 heteroatoms. The minimum absolute atomic E-state index is 0.0241. The van der Waals surface area contributed by atoms with E-state index >= 15 is 0 Å². The van der Waals surface area contributed by atoms with Crippen molar-refractivity contribution in [1.29, 1.82) is 0 Å². The van der Waals surface area contributed by atoms with Gasteiger partial charge in [-0.1, -0.05) is 18.2 Å². The zero-order chi connectivity index (χ0) is 21.6. The Balaban J connectivity index is 1.53. The van der Waals surface area contributed by atoms with E-state index in [1.807, 2.05) is 46.0 Å². The maximum absolute atomic E-state index is 13.6. The number of nitrogens with one attached hydrogen (secondary N) is 1. The van der Waals surface area contributed by atoms with Gasteiger partial charge in [0.1, 0.15) is 19.1 Å². The smallest absolute Gasteiger partial charge is 0.245 e. The lowest BCUT2D eigenvalue weighted by Gasteiger charge is -2.31. The summed E-state index contributed by atoms with van der Waals surface area (Å²) in [5.74, 6) is 0.0186. The van der Waals surface area contributed by atoms with Gasteiger partial charge in [-0.3, -0.25) is 9.59 Å². The SMILES string of the molecule is CC(=O)N1CCC[C@H]1C(=O)N(CC[NH+]1CCOCC1)Cc1ccnn1-c1ccccc1. The van der Waals surface area contributed by atoms with Gasteiger partial charge in [-0.2, -0.15) is 5.10 Å². The first-order valence-electron chi connectivity index (χ1n) is 11.2. The van der Waals surface area contributed by atoms with Gasteiger partial charge in [-0.05, 0) is 31.0 Å². The highest BCUT2D eigenvalue weighted by molar-refractivity contribution is 5.87. The van der Waals surface area contributed by atoms with Gasteiger partial charge in [0, 0.05) is 19.7 Å². The summed E-state index contributed by atoms with van der Waals surface area (Å²) in [5.41, 5.74) is 1.93. The number of likely N-dealkylation sites (tertiary alicyclic amines) is 1. The molecular formula is C23H32N5O3+. The molecule has 0 radical (unpaired) electrons. The predicted molar refractivity (Wildman–Crippen MR) is 116 cm³/mol. The second-order valence-corrected chi connectivity index (χ2v) is 8.31. The van der Waals surface area contributed by atoms with Crippen molar-refractivity contribution < 1.29 is 19.2 Å². The van der Waals surface area contributed by atoms with E-state index in [1.54, 1.807) is 18.0 Å². The Morgan fingerprint density at radius 3 is 2.71 bits per heavy atom. The van der Waals surface area contributed by atoms with E-state index in [4.69, 9.17) is 4.74 Å². The number of nitrogens with zero attached hydrogens (tertiary/aromatic N) is 4. The highest BCUT2D eigenvalue weighted by Crippen LogP contribution is 2.21. The molecule has 0 unspecified atom stereocenters. The quantitative estimate of drug-likeness (QED) is 0.683. The first-order chi connectivity index (χ1) is 15.1. The van der Waals surface area contributed by atoms with Gasteiger partial charge < -0.3 is 19.4 Å². The first kappa shape index (κ1) is 21.5. The summed E-state index contributed by atoms with van der Waals surface area (Å²) in [7, 11) is 0. The van der Waals surface area contributed by atoms with Crippen LogP contribution in [0.3, 0.4) is 0 Å². The highest BCUT2D eigenvalue weighted by atomic mass is 16.5. The second-order valence-electron chi connectivity index (χ2n) is 8.31. The molecule has 2 amide bonds. The van der Waals surface area contributed by atoms with Crippen LogP contribution in [0.5, 0.6) is 0 Å². The maximum atomic E-state index is 13.6. The molecule has 0 bridgehead atoms. The van der Waals surface area contributed by atoms with Crippen molar-refractivity contribution in [3.63, 3.8) is 0 Å². The number of para-hydroxylation sites is 1. The molecule has 2 saturated heterocycles. The van der Waals surface area contributed by atoms with Crippen LogP contribution in [0.4, 0.5) is 0 Å². The molecular weight excluding hydrogens is 394 g/mol. The molecule has 0 saturated carbocycles. The van der Waals surface area contributed by atoms with E-state index in [0.29, 0.717) is 19.6 Å². The van der Waals surface area contributed by atoms with Crippen LogP contribution < -0.4 is 4.90 Å². The van der Waals surface area contributed by atoms with Crippen LogP contribution in [0.2, 0.25) is 0 Å². The summed E-state index contributed by atoms with van der Waals surface area (Å²) in [6.07, 6.45) is 3.38. The molecule has 166 valence electrons. The third kappa shape index (κ3) is 5.14. The van der Waals surface area contributed by atoms with E-state index in [2.05, 4.69) is 5.10 Å². The number of aromatic nitrogens is 2. The van der Waals surface area contributed by atoms with Crippen LogP contribution >= 0.6 is 0 Å².